The highest BCUT2D eigenvalue weighted by atomic mass is 19.4. The zero-order valence-electron chi connectivity index (χ0n) is 14.8. The van der Waals surface area contributed by atoms with E-state index in [1.54, 1.807) is 0 Å². The topological polar surface area (TPSA) is 69.6 Å². The van der Waals surface area contributed by atoms with Crippen molar-refractivity contribution in [3.05, 3.63) is 35.1 Å². The number of hydrogen-bond acceptors (Lipinski definition) is 3. The molecule has 1 atom stereocenters. The normalized spacial score (nSPS) is 23.8. The van der Waals surface area contributed by atoms with Crippen molar-refractivity contribution < 1.29 is 45.4 Å². The summed E-state index contributed by atoms with van der Waals surface area (Å²) in [6.45, 7) is 2.79. The molecule has 3 aliphatic heterocycles. The van der Waals surface area contributed by atoms with E-state index in [9.17, 15) is 35.5 Å². The second-order valence-electron chi connectivity index (χ2n) is 6.71. The lowest BCUT2D eigenvalue weighted by molar-refractivity contribution is -0.192. The van der Waals surface area contributed by atoms with E-state index in [-0.39, 0.29) is 11.6 Å². The van der Waals surface area contributed by atoms with E-state index in [1.807, 2.05) is 0 Å². The van der Waals surface area contributed by atoms with Gasteiger partial charge in [0.2, 0.25) is 0 Å². The van der Waals surface area contributed by atoms with Crippen LogP contribution in [0.15, 0.2) is 18.2 Å². The Hall–Kier alpha value is -2.37. The van der Waals surface area contributed by atoms with Crippen molar-refractivity contribution in [1.29, 1.82) is 0 Å². The van der Waals surface area contributed by atoms with Crippen LogP contribution in [0.4, 0.5) is 30.7 Å². The maximum absolute atomic E-state index is 13.5. The van der Waals surface area contributed by atoms with E-state index in [1.165, 1.54) is 0 Å². The summed E-state index contributed by atoms with van der Waals surface area (Å²) in [5, 5.41) is 9.95. The lowest BCUT2D eigenvalue weighted by atomic mass is 9.84. The van der Waals surface area contributed by atoms with Crippen LogP contribution in [0.25, 0.3) is 0 Å². The number of hydrogen-bond donors (Lipinski definition) is 2. The summed E-state index contributed by atoms with van der Waals surface area (Å²) in [4.78, 5) is 23.3. The fourth-order valence-electron chi connectivity index (χ4n) is 3.27. The van der Waals surface area contributed by atoms with Crippen LogP contribution in [0, 0.1) is 11.7 Å². The predicted octanol–water partition coefficient (Wildman–Crippen LogP) is 3.30. The maximum Gasteiger partial charge on any atom is 0.490 e. The molecule has 1 aromatic carbocycles. The van der Waals surface area contributed by atoms with Gasteiger partial charge in [0, 0.05) is 18.2 Å². The molecule has 29 heavy (non-hydrogen) atoms. The van der Waals surface area contributed by atoms with Crippen LogP contribution < -0.4 is 5.32 Å². The maximum atomic E-state index is 13.5. The predicted molar refractivity (Wildman–Crippen MR) is 85.5 cm³/mol. The molecule has 0 saturated carbocycles. The van der Waals surface area contributed by atoms with Crippen LogP contribution >= 0.6 is 0 Å². The first-order valence-electron chi connectivity index (χ1n) is 8.49. The molecule has 5 nitrogen and oxygen atoms in total. The Labute approximate surface area is 160 Å². The van der Waals surface area contributed by atoms with Gasteiger partial charge in [-0.2, -0.15) is 26.3 Å². The molecule has 0 spiro atoms. The Bertz CT molecular complexity index is 756. The van der Waals surface area contributed by atoms with Crippen molar-refractivity contribution in [2.45, 2.75) is 31.2 Å². The summed E-state index contributed by atoms with van der Waals surface area (Å²) in [5.41, 5.74) is -1.44. The number of carbonyl (C=O) groups excluding carboxylic acids is 1. The lowest BCUT2D eigenvalue weighted by Gasteiger charge is -2.44. The van der Waals surface area contributed by atoms with Crippen molar-refractivity contribution in [2.75, 3.05) is 19.6 Å². The molecule has 3 heterocycles. The Kier molecular flexibility index (Phi) is 6.76. The van der Waals surface area contributed by atoms with E-state index >= 15 is 0 Å². The number of fused-ring (bicyclic) bond motifs is 3. The van der Waals surface area contributed by atoms with E-state index in [0.717, 1.165) is 38.5 Å². The first-order chi connectivity index (χ1) is 13.3. The molecular formula is C17H17F7N2O3. The summed E-state index contributed by atoms with van der Waals surface area (Å²) in [7, 11) is 0. The van der Waals surface area contributed by atoms with Gasteiger partial charge in [-0.15, -0.1) is 0 Å². The Morgan fingerprint density at radius 3 is 2.00 bits per heavy atom. The van der Waals surface area contributed by atoms with Crippen molar-refractivity contribution in [3.63, 3.8) is 0 Å². The van der Waals surface area contributed by atoms with Gasteiger partial charge in [-0.1, -0.05) is 0 Å². The molecule has 0 aromatic heterocycles. The highest BCUT2D eigenvalue weighted by Gasteiger charge is 2.38. The number of carboxylic acid groups (broad SMARTS) is 1. The Morgan fingerprint density at radius 2 is 1.62 bits per heavy atom. The third kappa shape index (κ3) is 6.05. The molecule has 2 N–H and O–H groups in total. The van der Waals surface area contributed by atoms with E-state index < -0.39 is 35.6 Å². The Balaban J connectivity index is 0.000000370. The van der Waals surface area contributed by atoms with Crippen LogP contribution in [-0.4, -0.2) is 53.7 Å². The molecule has 0 radical (unpaired) electrons. The number of benzene rings is 1. The molecular weight excluding hydrogens is 413 g/mol. The van der Waals surface area contributed by atoms with Crippen LogP contribution in [0.5, 0.6) is 0 Å². The number of piperidine rings is 3. The Morgan fingerprint density at radius 1 is 1.07 bits per heavy atom. The summed E-state index contributed by atoms with van der Waals surface area (Å²) in [5.74, 6) is -4.30. The highest BCUT2D eigenvalue weighted by molar-refractivity contribution is 5.94. The molecule has 1 amide bonds. The van der Waals surface area contributed by atoms with Crippen LogP contribution in [-0.2, 0) is 11.0 Å². The van der Waals surface area contributed by atoms with Gasteiger partial charge in [0.1, 0.15) is 5.82 Å². The van der Waals surface area contributed by atoms with Crippen LogP contribution in [0.2, 0.25) is 0 Å². The van der Waals surface area contributed by atoms with Gasteiger partial charge >= 0.3 is 18.3 Å². The largest absolute Gasteiger partial charge is 0.490 e. The van der Waals surface area contributed by atoms with E-state index in [2.05, 4.69) is 10.2 Å². The standard InChI is InChI=1S/C15H16F4N2O.C2HF3O2/c16-12-7-10(1-2-11(12)15(17,18)19)14(22)20-13-8-21-5-3-9(13)4-6-21;3-2(4,5)1(6)7/h1-2,7,9,13H,3-6,8H2,(H,20,22);(H,6,7)/t13-;/m1./s1. The van der Waals surface area contributed by atoms with Gasteiger partial charge in [-0.05, 0) is 50.0 Å². The third-order valence-corrected chi connectivity index (χ3v) is 4.75. The van der Waals surface area contributed by atoms with Crippen molar-refractivity contribution in [1.82, 2.24) is 10.2 Å². The van der Waals surface area contributed by atoms with Gasteiger partial charge in [-0.25, -0.2) is 9.18 Å². The van der Waals surface area contributed by atoms with E-state index in [0.29, 0.717) is 18.1 Å². The molecule has 0 aliphatic carbocycles. The molecule has 162 valence electrons. The van der Waals surface area contributed by atoms with Crippen molar-refractivity contribution in [2.24, 2.45) is 5.92 Å². The number of nitrogens with one attached hydrogen (secondary N) is 1. The molecule has 3 saturated heterocycles. The zero-order chi connectivity index (χ0) is 22.0. The quantitative estimate of drug-likeness (QED) is 0.707. The SMILES string of the molecule is O=C(N[C@@H]1CN2CCC1CC2)c1ccc(C(F)(F)F)c(F)c1.O=C(O)C(F)(F)F. The number of aliphatic carboxylic acids is 1. The number of amides is 1. The minimum absolute atomic E-state index is 0.0136. The average molecular weight is 430 g/mol. The number of carboxylic acids is 1. The minimum Gasteiger partial charge on any atom is -0.475 e. The smallest absolute Gasteiger partial charge is 0.475 e. The van der Waals surface area contributed by atoms with E-state index in [4.69, 9.17) is 9.90 Å². The summed E-state index contributed by atoms with van der Waals surface area (Å²) in [6, 6.07) is 2.27. The molecule has 3 aliphatic rings. The molecule has 4 rings (SSSR count). The molecule has 3 fully saturated rings. The first kappa shape index (κ1) is 22.9. The number of alkyl halides is 6. The highest BCUT2D eigenvalue weighted by Crippen LogP contribution is 2.32. The minimum atomic E-state index is -5.08. The van der Waals surface area contributed by atoms with Gasteiger partial charge in [0.05, 0.1) is 5.56 Å². The summed E-state index contributed by atoms with van der Waals surface area (Å²) in [6.07, 6.45) is -7.83. The van der Waals surface area contributed by atoms with Gasteiger partial charge < -0.3 is 15.3 Å². The van der Waals surface area contributed by atoms with Gasteiger partial charge in [-0.3, -0.25) is 4.79 Å². The fourth-order valence-corrected chi connectivity index (χ4v) is 3.27. The van der Waals surface area contributed by atoms with Crippen molar-refractivity contribution >= 4 is 11.9 Å². The van der Waals surface area contributed by atoms with Crippen LogP contribution in [0.3, 0.4) is 0 Å². The molecule has 12 heteroatoms. The molecule has 1 aromatic rings. The van der Waals surface area contributed by atoms with Crippen LogP contribution in [0.1, 0.15) is 28.8 Å². The number of nitrogens with zero attached hydrogens (tertiary/aromatic N) is 1. The zero-order valence-corrected chi connectivity index (χ0v) is 14.8. The third-order valence-electron chi connectivity index (χ3n) is 4.75. The summed E-state index contributed by atoms with van der Waals surface area (Å²) >= 11 is 0. The number of rotatable bonds is 2. The first-order valence-corrected chi connectivity index (χ1v) is 8.49. The van der Waals surface area contributed by atoms with Gasteiger partial charge in [0.15, 0.2) is 0 Å². The molecule has 0 unspecified atom stereocenters. The molecule has 2 bridgehead atoms. The second-order valence-corrected chi connectivity index (χ2v) is 6.71. The fraction of sp³-hybridized carbons (Fsp3) is 0.529. The van der Waals surface area contributed by atoms with Gasteiger partial charge in [0.25, 0.3) is 5.91 Å². The summed E-state index contributed by atoms with van der Waals surface area (Å²) < 4.78 is 82.8. The number of halogens is 7. The lowest BCUT2D eigenvalue weighted by Crippen LogP contribution is -2.57. The second kappa shape index (κ2) is 8.56. The monoisotopic (exact) mass is 430 g/mol. The van der Waals surface area contributed by atoms with Crippen molar-refractivity contribution in [3.8, 4) is 0 Å². The number of carbonyl (C=O) groups is 2. The average Bonchev–Trinajstić information content (AvgIpc) is 2.61.